The number of nitrogens with zero attached hydrogens (tertiary/aromatic N) is 1. The molecule has 0 aliphatic carbocycles. The van der Waals surface area contributed by atoms with Gasteiger partial charge in [0.25, 0.3) is 0 Å². The molecule has 2 atom stereocenters. The number of rotatable bonds is 6. The molecule has 1 saturated heterocycles. The Morgan fingerprint density at radius 3 is 2.53 bits per heavy atom. The number of hydrogen-bond donors (Lipinski definition) is 1. The second-order valence-electron chi connectivity index (χ2n) is 4.92. The van der Waals surface area contributed by atoms with Gasteiger partial charge in [0, 0.05) is 6.54 Å². The summed E-state index contributed by atoms with van der Waals surface area (Å²) in [5.74, 6) is -0.0718. The third-order valence-corrected chi connectivity index (χ3v) is 3.43. The molecule has 1 aliphatic heterocycles. The van der Waals surface area contributed by atoms with Crippen molar-refractivity contribution in [3.63, 3.8) is 0 Å². The first-order valence-corrected chi connectivity index (χ1v) is 6.46. The first kappa shape index (κ1) is 16.2. The lowest BCUT2D eigenvalue weighted by Gasteiger charge is -2.23. The molecule has 7 heteroatoms. The van der Waals surface area contributed by atoms with Crippen molar-refractivity contribution >= 4 is 5.91 Å². The fourth-order valence-corrected chi connectivity index (χ4v) is 2.15. The molecule has 0 bridgehead atoms. The van der Waals surface area contributed by atoms with E-state index in [1.54, 1.807) is 4.90 Å². The van der Waals surface area contributed by atoms with Crippen LogP contribution in [-0.4, -0.2) is 48.4 Å². The predicted octanol–water partition coefficient (Wildman–Crippen LogP) is 1.90. The van der Waals surface area contributed by atoms with Gasteiger partial charge in [-0.3, -0.25) is 10.1 Å². The first-order valence-electron chi connectivity index (χ1n) is 6.46. The Balaban J connectivity index is 2.50. The van der Waals surface area contributed by atoms with Crippen molar-refractivity contribution in [1.82, 2.24) is 10.2 Å². The van der Waals surface area contributed by atoms with E-state index < -0.39 is 18.3 Å². The molecule has 1 aliphatic rings. The summed E-state index contributed by atoms with van der Waals surface area (Å²) < 4.78 is 40.4. The van der Waals surface area contributed by atoms with Gasteiger partial charge >= 0.3 is 6.18 Å². The minimum absolute atomic E-state index is 0.0718. The summed E-state index contributed by atoms with van der Waals surface area (Å²) in [4.78, 5) is 13.8. The van der Waals surface area contributed by atoms with Crippen LogP contribution in [0, 0.1) is 0 Å². The summed E-state index contributed by atoms with van der Waals surface area (Å²) >= 11 is 0. The van der Waals surface area contributed by atoms with Gasteiger partial charge in [0.15, 0.2) is 0 Å². The SMILES string of the molecule is CCC1NC(C)(CC)C(=O)N1CCOCC(F)(F)F. The van der Waals surface area contributed by atoms with E-state index in [0.29, 0.717) is 12.8 Å². The molecule has 1 rings (SSSR count). The lowest BCUT2D eigenvalue weighted by Crippen LogP contribution is -2.43. The first-order chi connectivity index (χ1) is 8.73. The Kier molecular flexibility index (Phi) is 5.20. The predicted molar refractivity (Wildman–Crippen MR) is 64.5 cm³/mol. The minimum Gasteiger partial charge on any atom is -0.370 e. The van der Waals surface area contributed by atoms with E-state index in [2.05, 4.69) is 10.1 Å². The van der Waals surface area contributed by atoms with Crippen molar-refractivity contribution in [2.24, 2.45) is 0 Å². The van der Waals surface area contributed by atoms with Crippen molar-refractivity contribution in [3.8, 4) is 0 Å². The zero-order chi connectivity index (χ0) is 14.7. The standard InChI is InChI=1S/C12H21F3N2O2/c1-4-9-16-11(3,5-2)10(18)17(9)6-7-19-8-12(13,14)15/h9,16H,4-8H2,1-3H3. The van der Waals surface area contributed by atoms with Crippen LogP contribution in [-0.2, 0) is 9.53 Å². The maximum absolute atomic E-state index is 12.2. The highest BCUT2D eigenvalue weighted by Crippen LogP contribution is 2.24. The maximum Gasteiger partial charge on any atom is 0.411 e. The van der Waals surface area contributed by atoms with Gasteiger partial charge in [-0.15, -0.1) is 0 Å². The average Bonchev–Trinajstić information content (AvgIpc) is 2.58. The van der Waals surface area contributed by atoms with E-state index in [4.69, 9.17) is 0 Å². The van der Waals surface area contributed by atoms with Crippen LogP contribution >= 0.6 is 0 Å². The molecule has 0 aromatic heterocycles. The van der Waals surface area contributed by atoms with Crippen molar-refractivity contribution in [2.45, 2.75) is 51.5 Å². The third-order valence-electron chi connectivity index (χ3n) is 3.43. The van der Waals surface area contributed by atoms with Crippen molar-refractivity contribution in [1.29, 1.82) is 0 Å². The smallest absolute Gasteiger partial charge is 0.370 e. The fourth-order valence-electron chi connectivity index (χ4n) is 2.15. The summed E-state index contributed by atoms with van der Waals surface area (Å²) in [6.45, 7) is 4.44. The van der Waals surface area contributed by atoms with Crippen LogP contribution in [0.25, 0.3) is 0 Å². The van der Waals surface area contributed by atoms with E-state index in [0.717, 1.165) is 0 Å². The Labute approximate surface area is 111 Å². The Morgan fingerprint density at radius 1 is 1.42 bits per heavy atom. The van der Waals surface area contributed by atoms with E-state index >= 15 is 0 Å². The summed E-state index contributed by atoms with van der Waals surface area (Å²) in [7, 11) is 0. The Morgan fingerprint density at radius 2 is 2.05 bits per heavy atom. The molecule has 4 nitrogen and oxygen atoms in total. The topological polar surface area (TPSA) is 41.6 Å². The fraction of sp³-hybridized carbons (Fsp3) is 0.917. The van der Waals surface area contributed by atoms with E-state index in [9.17, 15) is 18.0 Å². The number of ether oxygens (including phenoxy) is 1. The number of hydrogen-bond acceptors (Lipinski definition) is 3. The van der Waals surface area contributed by atoms with Crippen LogP contribution < -0.4 is 5.32 Å². The van der Waals surface area contributed by atoms with Crippen LogP contribution in [0.15, 0.2) is 0 Å². The molecule has 0 aromatic rings. The molecule has 0 aromatic carbocycles. The number of amides is 1. The maximum atomic E-state index is 12.2. The molecule has 0 radical (unpaired) electrons. The molecule has 19 heavy (non-hydrogen) atoms. The van der Waals surface area contributed by atoms with Crippen LogP contribution in [0.5, 0.6) is 0 Å². The highest BCUT2D eigenvalue weighted by molar-refractivity contribution is 5.88. The van der Waals surface area contributed by atoms with Gasteiger partial charge in [-0.1, -0.05) is 13.8 Å². The lowest BCUT2D eigenvalue weighted by molar-refractivity contribution is -0.175. The largest absolute Gasteiger partial charge is 0.411 e. The van der Waals surface area contributed by atoms with Gasteiger partial charge < -0.3 is 9.64 Å². The van der Waals surface area contributed by atoms with Crippen molar-refractivity contribution < 1.29 is 22.7 Å². The molecule has 2 unspecified atom stereocenters. The highest BCUT2D eigenvalue weighted by Gasteiger charge is 2.45. The van der Waals surface area contributed by atoms with Crippen molar-refractivity contribution in [2.75, 3.05) is 19.8 Å². The summed E-state index contributed by atoms with van der Waals surface area (Å²) in [6.07, 6.45) is -3.11. The highest BCUT2D eigenvalue weighted by atomic mass is 19.4. The zero-order valence-electron chi connectivity index (χ0n) is 11.5. The van der Waals surface area contributed by atoms with E-state index in [-0.39, 0.29) is 25.2 Å². The molecule has 0 saturated carbocycles. The second kappa shape index (κ2) is 6.09. The van der Waals surface area contributed by atoms with E-state index in [1.807, 2.05) is 20.8 Å². The van der Waals surface area contributed by atoms with E-state index in [1.165, 1.54) is 0 Å². The molecule has 1 heterocycles. The van der Waals surface area contributed by atoms with Gasteiger partial charge in [-0.2, -0.15) is 13.2 Å². The quantitative estimate of drug-likeness (QED) is 0.757. The normalized spacial score (nSPS) is 28.2. The molecule has 1 N–H and O–H groups in total. The number of nitrogens with one attached hydrogen (secondary N) is 1. The van der Waals surface area contributed by atoms with Crippen LogP contribution in [0.3, 0.4) is 0 Å². The van der Waals surface area contributed by atoms with Gasteiger partial charge in [0.05, 0.1) is 18.3 Å². The summed E-state index contributed by atoms with van der Waals surface area (Å²) in [5.41, 5.74) is -0.620. The molecule has 0 spiro atoms. The molecule has 112 valence electrons. The second-order valence-corrected chi connectivity index (χ2v) is 4.92. The Bertz CT molecular complexity index is 323. The Hall–Kier alpha value is -0.820. The molecule has 1 amide bonds. The van der Waals surface area contributed by atoms with Gasteiger partial charge in [0.1, 0.15) is 6.61 Å². The monoisotopic (exact) mass is 282 g/mol. The van der Waals surface area contributed by atoms with Crippen LogP contribution in [0.1, 0.15) is 33.6 Å². The summed E-state index contributed by atoms with van der Waals surface area (Å²) in [6, 6.07) is 0. The summed E-state index contributed by atoms with van der Waals surface area (Å²) in [5, 5.41) is 3.22. The third kappa shape index (κ3) is 4.07. The molecular formula is C12H21F3N2O2. The van der Waals surface area contributed by atoms with Gasteiger partial charge in [-0.25, -0.2) is 0 Å². The number of halogens is 3. The lowest BCUT2D eigenvalue weighted by atomic mass is 9.99. The van der Waals surface area contributed by atoms with Crippen LogP contribution in [0.2, 0.25) is 0 Å². The average molecular weight is 282 g/mol. The number of carbonyl (C=O) groups excluding carboxylic acids is 1. The van der Waals surface area contributed by atoms with Gasteiger partial charge in [-0.05, 0) is 19.8 Å². The van der Waals surface area contributed by atoms with Crippen LogP contribution in [0.4, 0.5) is 13.2 Å². The molecular weight excluding hydrogens is 261 g/mol. The molecule has 1 fully saturated rings. The van der Waals surface area contributed by atoms with Gasteiger partial charge in [0.2, 0.25) is 5.91 Å². The number of carbonyl (C=O) groups is 1. The van der Waals surface area contributed by atoms with Crippen molar-refractivity contribution in [3.05, 3.63) is 0 Å². The minimum atomic E-state index is -4.32. The number of alkyl halides is 3. The zero-order valence-corrected chi connectivity index (χ0v) is 11.5.